The van der Waals surface area contributed by atoms with Gasteiger partial charge in [-0.15, -0.1) is 0 Å². The van der Waals surface area contributed by atoms with Crippen LogP contribution in [0.15, 0.2) is 56.9 Å². The third-order valence-electron chi connectivity index (χ3n) is 2.83. The summed E-state index contributed by atoms with van der Waals surface area (Å²) in [5, 5.41) is 22.7. The average molecular weight is 385 g/mol. The molecule has 0 saturated heterocycles. The maximum absolute atomic E-state index is 12.1. The smallest absolute Gasteiger partial charge is 0.276 e. The van der Waals surface area contributed by atoms with Crippen molar-refractivity contribution >= 4 is 31.7 Å². The molecule has 8 heteroatoms. The van der Waals surface area contributed by atoms with Gasteiger partial charge in [-0.05, 0) is 43.3 Å². The van der Waals surface area contributed by atoms with E-state index in [9.17, 15) is 18.6 Å². The molecule has 0 amide bonds. The highest BCUT2D eigenvalue weighted by Gasteiger charge is 2.13. The zero-order valence-corrected chi connectivity index (χ0v) is 13.9. The second kappa shape index (κ2) is 6.37. The van der Waals surface area contributed by atoms with Crippen molar-refractivity contribution in [3.05, 3.63) is 52.5 Å². The molecule has 0 bridgehead atoms. The van der Waals surface area contributed by atoms with Gasteiger partial charge in [-0.1, -0.05) is 15.9 Å². The van der Waals surface area contributed by atoms with Crippen molar-refractivity contribution in [2.24, 2.45) is 5.10 Å². The number of halogens is 1. The summed E-state index contributed by atoms with van der Waals surface area (Å²) < 4.78 is 24.9. The Morgan fingerprint density at radius 1 is 1.14 bits per heavy atom. The van der Waals surface area contributed by atoms with Crippen LogP contribution < -0.4 is 4.83 Å². The Morgan fingerprint density at radius 2 is 1.77 bits per heavy atom. The largest absolute Gasteiger partial charge is 0.508 e. The van der Waals surface area contributed by atoms with E-state index in [1.165, 1.54) is 31.2 Å². The molecule has 0 unspecified atom stereocenters. The van der Waals surface area contributed by atoms with E-state index >= 15 is 0 Å². The molecule has 0 atom stereocenters. The Labute approximate surface area is 136 Å². The van der Waals surface area contributed by atoms with Crippen molar-refractivity contribution in [3.63, 3.8) is 0 Å². The highest BCUT2D eigenvalue weighted by atomic mass is 79.9. The molecular formula is C14H13BrN2O4S. The van der Waals surface area contributed by atoms with Gasteiger partial charge in [-0.3, -0.25) is 0 Å². The summed E-state index contributed by atoms with van der Waals surface area (Å²) in [5.74, 6) is -0.284. The Bertz CT molecular complexity index is 817. The number of hydrogen-bond donors (Lipinski definition) is 3. The molecule has 6 nitrogen and oxygen atoms in total. The lowest BCUT2D eigenvalue weighted by Gasteiger charge is -2.07. The summed E-state index contributed by atoms with van der Waals surface area (Å²) in [6.45, 7) is 1.54. The van der Waals surface area contributed by atoms with Crippen LogP contribution in [0.5, 0.6) is 11.5 Å². The Hall–Kier alpha value is -2.06. The van der Waals surface area contributed by atoms with Crippen LogP contribution in [0, 0.1) is 0 Å². The number of phenols is 2. The normalized spacial score (nSPS) is 12.2. The second-order valence-corrected chi connectivity index (χ2v) is 7.02. The lowest BCUT2D eigenvalue weighted by atomic mass is 10.1. The molecule has 0 aromatic heterocycles. The van der Waals surface area contributed by atoms with Gasteiger partial charge >= 0.3 is 0 Å². The van der Waals surface area contributed by atoms with Gasteiger partial charge in [0.25, 0.3) is 10.0 Å². The van der Waals surface area contributed by atoms with E-state index in [1.807, 2.05) is 0 Å². The average Bonchev–Trinajstić information content (AvgIpc) is 2.45. The predicted molar refractivity (Wildman–Crippen MR) is 86.4 cm³/mol. The first-order chi connectivity index (χ1) is 10.3. The molecule has 3 N–H and O–H groups in total. The number of hydrogen-bond acceptors (Lipinski definition) is 5. The first-order valence-electron chi connectivity index (χ1n) is 6.13. The van der Waals surface area contributed by atoms with Crippen LogP contribution in [-0.4, -0.2) is 24.3 Å². The number of hydrazone groups is 1. The van der Waals surface area contributed by atoms with Crippen molar-refractivity contribution in [3.8, 4) is 11.5 Å². The Morgan fingerprint density at radius 3 is 2.36 bits per heavy atom. The summed E-state index contributed by atoms with van der Waals surface area (Å²) in [6.07, 6.45) is 0. The number of aromatic hydroxyl groups is 2. The van der Waals surface area contributed by atoms with Crippen LogP contribution in [0.25, 0.3) is 0 Å². The van der Waals surface area contributed by atoms with Crippen molar-refractivity contribution in [2.45, 2.75) is 11.8 Å². The number of sulfonamides is 1. The number of nitrogens with zero attached hydrogens (tertiary/aromatic N) is 1. The van der Waals surface area contributed by atoms with Gasteiger partial charge in [-0.25, -0.2) is 0 Å². The Kier molecular flexibility index (Phi) is 4.72. The number of benzene rings is 2. The Balaban J connectivity index is 2.24. The van der Waals surface area contributed by atoms with Gasteiger partial charge in [0.1, 0.15) is 11.5 Å². The van der Waals surface area contributed by atoms with E-state index < -0.39 is 10.0 Å². The summed E-state index contributed by atoms with van der Waals surface area (Å²) in [4.78, 5) is 2.18. The van der Waals surface area contributed by atoms with Crippen molar-refractivity contribution < 1.29 is 18.6 Å². The maximum Gasteiger partial charge on any atom is 0.276 e. The van der Waals surface area contributed by atoms with Gasteiger partial charge in [0, 0.05) is 16.1 Å². The molecule has 22 heavy (non-hydrogen) atoms. The maximum atomic E-state index is 12.1. The molecule has 0 fully saturated rings. The van der Waals surface area contributed by atoms with Crippen LogP contribution >= 0.6 is 15.9 Å². The van der Waals surface area contributed by atoms with E-state index in [2.05, 4.69) is 25.9 Å². The van der Waals surface area contributed by atoms with Gasteiger partial charge in [0.2, 0.25) is 0 Å². The third kappa shape index (κ3) is 3.77. The summed E-state index contributed by atoms with van der Waals surface area (Å²) in [6, 6.07) is 10.1. The number of nitrogens with one attached hydrogen (secondary N) is 1. The standard InChI is InChI=1S/C14H13BrN2O4S/c1-9(13-7-4-11(18)8-14(13)19)16-17-22(20,21)12-5-2-10(15)3-6-12/h2-8,17-19H,1H3. The van der Waals surface area contributed by atoms with Crippen molar-refractivity contribution in [2.75, 3.05) is 0 Å². The van der Waals surface area contributed by atoms with E-state index in [0.29, 0.717) is 5.56 Å². The van der Waals surface area contributed by atoms with E-state index in [1.54, 1.807) is 12.1 Å². The van der Waals surface area contributed by atoms with Crippen LogP contribution in [0.1, 0.15) is 12.5 Å². The molecular weight excluding hydrogens is 372 g/mol. The van der Waals surface area contributed by atoms with Crippen LogP contribution in [0.4, 0.5) is 0 Å². The topological polar surface area (TPSA) is 99.0 Å². The molecule has 2 aromatic carbocycles. The van der Waals surface area contributed by atoms with E-state index in [0.717, 1.165) is 10.5 Å². The lowest BCUT2D eigenvalue weighted by Crippen LogP contribution is -2.19. The predicted octanol–water partition coefficient (Wildman–Crippen LogP) is 2.56. The molecule has 0 saturated carbocycles. The van der Waals surface area contributed by atoms with Gasteiger partial charge < -0.3 is 10.2 Å². The van der Waals surface area contributed by atoms with E-state index in [4.69, 9.17) is 0 Å². The zero-order valence-electron chi connectivity index (χ0n) is 11.5. The van der Waals surface area contributed by atoms with Crippen LogP contribution in [-0.2, 0) is 10.0 Å². The SMILES string of the molecule is CC(=NNS(=O)(=O)c1ccc(Br)cc1)c1ccc(O)cc1O. The van der Waals surface area contributed by atoms with Crippen molar-refractivity contribution in [1.82, 2.24) is 4.83 Å². The molecule has 0 aliphatic heterocycles. The fourth-order valence-electron chi connectivity index (χ4n) is 1.68. The van der Waals surface area contributed by atoms with E-state index in [-0.39, 0.29) is 22.1 Å². The zero-order chi connectivity index (χ0) is 16.3. The minimum atomic E-state index is -3.79. The highest BCUT2D eigenvalue weighted by Crippen LogP contribution is 2.23. The summed E-state index contributed by atoms with van der Waals surface area (Å²) in [7, 11) is -3.79. The lowest BCUT2D eigenvalue weighted by molar-refractivity contribution is 0.450. The van der Waals surface area contributed by atoms with Gasteiger partial charge in [-0.2, -0.15) is 18.4 Å². The first kappa shape index (κ1) is 16.3. The quantitative estimate of drug-likeness (QED) is 0.557. The molecule has 2 rings (SSSR count). The minimum absolute atomic E-state index is 0.0715. The molecule has 0 spiro atoms. The monoisotopic (exact) mass is 384 g/mol. The molecule has 0 aliphatic rings. The van der Waals surface area contributed by atoms with Crippen LogP contribution in [0.2, 0.25) is 0 Å². The third-order valence-corrected chi connectivity index (χ3v) is 4.58. The van der Waals surface area contributed by atoms with Gasteiger partial charge in [0.15, 0.2) is 0 Å². The first-order valence-corrected chi connectivity index (χ1v) is 8.41. The molecule has 0 heterocycles. The fraction of sp³-hybridized carbons (Fsp3) is 0.0714. The summed E-state index contributed by atoms with van der Waals surface area (Å²) >= 11 is 3.23. The summed E-state index contributed by atoms with van der Waals surface area (Å²) in [5.41, 5.74) is 0.578. The van der Waals surface area contributed by atoms with Gasteiger partial charge in [0.05, 0.1) is 10.6 Å². The molecule has 116 valence electrons. The number of phenolic OH excluding ortho intramolecular Hbond substituents is 2. The molecule has 2 aromatic rings. The van der Waals surface area contributed by atoms with Crippen molar-refractivity contribution in [1.29, 1.82) is 0 Å². The minimum Gasteiger partial charge on any atom is -0.508 e. The molecule has 0 aliphatic carbocycles. The highest BCUT2D eigenvalue weighted by molar-refractivity contribution is 9.10. The second-order valence-electron chi connectivity index (χ2n) is 4.45. The fourth-order valence-corrected chi connectivity index (χ4v) is 2.80. The van der Waals surface area contributed by atoms with Crippen LogP contribution in [0.3, 0.4) is 0 Å². The number of rotatable bonds is 4. The molecule has 0 radical (unpaired) electrons.